The molecule has 6 heteroatoms. The Bertz CT molecular complexity index is 921. The molecule has 29 heavy (non-hydrogen) atoms. The number of esters is 1. The fraction of sp³-hybridized carbons (Fsp3) is 0.348. The lowest BCUT2D eigenvalue weighted by atomic mass is 10.1. The van der Waals surface area contributed by atoms with Gasteiger partial charge in [-0.15, -0.1) is 0 Å². The molecule has 152 valence electrons. The highest BCUT2D eigenvalue weighted by Gasteiger charge is 2.36. The second-order valence-corrected chi connectivity index (χ2v) is 7.36. The van der Waals surface area contributed by atoms with Crippen molar-refractivity contribution in [1.82, 2.24) is 0 Å². The molecule has 1 N–H and O–H groups in total. The van der Waals surface area contributed by atoms with Crippen LogP contribution in [-0.4, -0.2) is 30.9 Å². The van der Waals surface area contributed by atoms with Gasteiger partial charge in [0, 0.05) is 24.3 Å². The van der Waals surface area contributed by atoms with Crippen molar-refractivity contribution in [2.24, 2.45) is 5.92 Å². The Kier molecular flexibility index (Phi) is 6.32. The van der Waals surface area contributed by atoms with Gasteiger partial charge in [-0.25, -0.2) is 0 Å². The summed E-state index contributed by atoms with van der Waals surface area (Å²) in [5.74, 6) is -1.60. The van der Waals surface area contributed by atoms with E-state index in [-0.39, 0.29) is 31.4 Å². The SMILES string of the molecule is CCc1cccc(C)c1NC(=O)COC(=O)[C@H]1CC(=O)N(c2ccc(C)cc2)C1. The summed E-state index contributed by atoms with van der Waals surface area (Å²) in [6.45, 7) is 5.80. The quantitative estimate of drug-likeness (QED) is 0.762. The Morgan fingerprint density at radius 2 is 1.86 bits per heavy atom. The molecule has 1 aliphatic heterocycles. The normalized spacial score (nSPS) is 16.0. The van der Waals surface area contributed by atoms with Crippen LogP contribution in [0.2, 0.25) is 0 Å². The number of ether oxygens (including phenoxy) is 1. The molecule has 2 aromatic rings. The largest absolute Gasteiger partial charge is 0.455 e. The Morgan fingerprint density at radius 3 is 2.55 bits per heavy atom. The van der Waals surface area contributed by atoms with Crippen molar-refractivity contribution < 1.29 is 19.1 Å². The fourth-order valence-electron chi connectivity index (χ4n) is 3.47. The van der Waals surface area contributed by atoms with E-state index in [1.807, 2.05) is 63.2 Å². The van der Waals surface area contributed by atoms with Crippen LogP contribution in [0.25, 0.3) is 0 Å². The smallest absolute Gasteiger partial charge is 0.311 e. The lowest BCUT2D eigenvalue weighted by Gasteiger charge is -2.17. The van der Waals surface area contributed by atoms with Crippen molar-refractivity contribution in [3.63, 3.8) is 0 Å². The van der Waals surface area contributed by atoms with Crippen molar-refractivity contribution in [2.75, 3.05) is 23.4 Å². The Hall–Kier alpha value is -3.15. The molecular weight excluding hydrogens is 368 g/mol. The summed E-state index contributed by atoms with van der Waals surface area (Å²) in [4.78, 5) is 38.5. The van der Waals surface area contributed by atoms with Gasteiger partial charge in [0.25, 0.3) is 5.91 Å². The van der Waals surface area contributed by atoms with Gasteiger partial charge < -0.3 is 15.0 Å². The first kappa shape index (κ1) is 20.6. The number of carbonyl (C=O) groups is 3. The van der Waals surface area contributed by atoms with E-state index in [9.17, 15) is 14.4 Å². The standard InChI is InChI=1S/C23H26N2O4/c1-4-17-7-5-6-16(3)22(17)24-20(26)14-29-23(28)18-12-21(27)25(13-18)19-10-8-15(2)9-11-19/h5-11,18H,4,12-14H2,1-3H3,(H,24,26)/t18-/m0/s1. The average Bonchev–Trinajstić information content (AvgIpc) is 3.10. The zero-order chi connectivity index (χ0) is 21.0. The van der Waals surface area contributed by atoms with Crippen molar-refractivity contribution >= 4 is 29.2 Å². The van der Waals surface area contributed by atoms with E-state index in [0.29, 0.717) is 0 Å². The topological polar surface area (TPSA) is 75.7 Å². The van der Waals surface area contributed by atoms with Gasteiger partial charge in [0.2, 0.25) is 5.91 Å². The summed E-state index contributed by atoms with van der Waals surface area (Å²) >= 11 is 0. The second kappa shape index (κ2) is 8.90. The lowest BCUT2D eigenvalue weighted by Crippen LogP contribution is -2.28. The van der Waals surface area contributed by atoms with Crippen molar-refractivity contribution in [3.8, 4) is 0 Å². The monoisotopic (exact) mass is 394 g/mol. The van der Waals surface area contributed by atoms with Crippen LogP contribution in [0.3, 0.4) is 0 Å². The molecule has 1 atom stereocenters. The Balaban J connectivity index is 1.55. The minimum Gasteiger partial charge on any atom is -0.455 e. The highest BCUT2D eigenvalue weighted by Crippen LogP contribution is 2.26. The van der Waals surface area contributed by atoms with Crippen LogP contribution in [0.1, 0.15) is 30.0 Å². The molecule has 0 saturated carbocycles. The second-order valence-electron chi connectivity index (χ2n) is 7.36. The van der Waals surface area contributed by atoms with Gasteiger partial charge in [-0.05, 0) is 43.5 Å². The molecule has 1 aliphatic rings. The van der Waals surface area contributed by atoms with Gasteiger partial charge in [-0.3, -0.25) is 14.4 Å². The summed E-state index contributed by atoms with van der Waals surface area (Å²) in [6.07, 6.45) is 0.877. The zero-order valence-electron chi connectivity index (χ0n) is 17.0. The van der Waals surface area contributed by atoms with E-state index in [2.05, 4.69) is 5.32 Å². The van der Waals surface area contributed by atoms with Crippen molar-refractivity contribution in [3.05, 3.63) is 59.2 Å². The van der Waals surface area contributed by atoms with Gasteiger partial charge in [0.05, 0.1) is 5.92 Å². The van der Waals surface area contributed by atoms with Crippen LogP contribution in [-0.2, 0) is 25.5 Å². The van der Waals surface area contributed by atoms with Gasteiger partial charge in [-0.1, -0.05) is 42.8 Å². The molecule has 1 fully saturated rings. The highest BCUT2D eigenvalue weighted by molar-refractivity contribution is 6.00. The maximum Gasteiger partial charge on any atom is 0.311 e. The third-order valence-corrected chi connectivity index (χ3v) is 5.15. The minimum absolute atomic E-state index is 0.0894. The molecule has 0 radical (unpaired) electrons. The number of nitrogens with one attached hydrogen (secondary N) is 1. The van der Waals surface area contributed by atoms with E-state index >= 15 is 0 Å². The number of rotatable bonds is 6. The van der Waals surface area contributed by atoms with Crippen LogP contribution in [0.4, 0.5) is 11.4 Å². The zero-order valence-corrected chi connectivity index (χ0v) is 17.0. The van der Waals surface area contributed by atoms with E-state index in [4.69, 9.17) is 4.74 Å². The lowest BCUT2D eigenvalue weighted by molar-refractivity contribution is -0.151. The summed E-state index contributed by atoms with van der Waals surface area (Å²) in [7, 11) is 0. The van der Waals surface area contributed by atoms with Crippen LogP contribution in [0.5, 0.6) is 0 Å². The summed E-state index contributed by atoms with van der Waals surface area (Å²) in [5.41, 5.74) is 4.61. The Labute approximate surface area is 170 Å². The first-order valence-electron chi connectivity index (χ1n) is 9.81. The molecule has 0 bridgehead atoms. The van der Waals surface area contributed by atoms with E-state index in [0.717, 1.165) is 34.5 Å². The molecule has 0 aliphatic carbocycles. The first-order chi connectivity index (χ1) is 13.9. The summed E-state index contributed by atoms with van der Waals surface area (Å²) in [5, 5.41) is 2.83. The van der Waals surface area contributed by atoms with Gasteiger partial charge >= 0.3 is 5.97 Å². The molecule has 2 aromatic carbocycles. The molecule has 6 nitrogen and oxygen atoms in total. The molecule has 1 heterocycles. The maximum atomic E-state index is 12.4. The molecule has 2 amide bonds. The number of aryl methyl sites for hydroxylation is 3. The van der Waals surface area contributed by atoms with Crippen LogP contribution < -0.4 is 10.2 Å². The molecular formula is C23H26N2O4. The van der Waals surface area contributed by atoms with E-state index in [1.54, 1.807) is 4.90 Å². The predicted molar refractivity (Wildman–Crippen MR) is 112 cm³/mol. The third kappa shape index (κ3) is 4.83. The molecule has 0 unspecified atom stereocenters. The Morgan fingerprint density at radius 1 is 1.14 bits per heavy atom. The van der Waals surface area contributed by atoms with Crippen LogP contribution in [0, 0.1) is 19.8 Å². The highest BCUT2D eigenvalue weighted by atomic mass is 16.5. The number of nitrogens with zero attached hydrogens (tertiary/aromatic N) is 1. The number of amides is 2. The van der Waals surface area contributed by atoms with Crippen LogP contribution >= 0.6 is 0 Å². The number of carbonyl (C=O) groups excluding carboxylic acids is 3. The van der Waals surface area contributed by atoms with Crippen LogP contribution in [0.15, 0.2) is 42.5 Å². The molecule has 1 saturated heterocycles. The first-order valence-corrected chi connectivity index (χ1v) is 9.81. The minimum atomic E-state index is -0.568. The van der Waals surface area contributed by atoms with Gasteiger partial charge in [-0.2, -0.15) is 0 Å². The summed E-state index contributed by atoms with van der Waals surface area (Å²) < 4.78 is 5.20. The predicted octanol–water partition coefficient (Wildman–Crippen LogP) is 3.40. The number of hydrogen-bond donors (Lipinski definition) is 1. The van der Waals surface area contributed by atoms with E-state index in [1.165, 1.54) is 0 Å². The number of para-hydroxylation sites is 1. The average molecular weight is 394 g/mol. The number of anilines is 2. The molecule has 3 rings (SSSR count). The maximum absolute atomic E-state index is 12.4. The summed E-state index contributed by atoms with van der Waals surface area (Å²) in [6, 6.07) is 13.4. The van der Waals surface area contributed by atoms with Gasteiger partial charge in [0.1, 0.15) is 0 Å². The van der Waals surface area contributed by atoms with Gasteiger partial charge in [0.15, 0.2) is 6.61 Å². The van der Waals surface area contributed by atoms with E-state index < -0.39 is 11.9 Å². The fourth-order valence-corrected chi connectivity index (χ4v) is 3.47. The number of benzene rings is 2. The number of hydrogen-bond acceptors (Lipinski definition) is 4. The van der Waals surface area contributed by atoms with Crippen molar-refractivity contribution in [2.45, 2.75) is 33.6 Å². The molecule has 0 aromatic heterocycles. The van der Waals surface area contributed by atoms with Crippen molar-refractivity contribution in [1.29, 1.82) is 0 Å². The third-order valence-electron chi connectivity index (χ3n) is 5.15. The molecule has 0 spiro atoms.